The predicted molar refractivity (Wildman–Crippen MR) is 174 cm³/mol. The number of aromatic nitrogens is 3. The van der Waals surface area contributed by atoms with Crippen molar-refractivity contribution in [2.24, 2.45) is 14.1 Å². The minimum atomic E-state index is -0.678. The summed E-state index contributed by atoms with van der Waals surface area (Å²) in [5.74, 6) is -0.0339. The van der Waals surface area contributed by atoms with Gasteiger partial charge in [0.05, 0.1) is 17.3 Å². The van der Waals surface area contributed by atoms with Crippen LogP contribution in [0, 0.1) is 6.92 Å². The van der Waals surface area contributed by atoms with Crippen LogP contribution < -0.4 is 31.9 Å². The average molecular weight is 631 g/mol. The summed E-state index contributed by atoms with van der Waals surface area (Å²) in [6.07, 6.45) is 2.61. The van der Waals surface area contributed by atoms with E-state index in [9.17, 15) is 19.2 Å². The van der Waals surface area contributed by atoms with Crippen LogP contribution in [0.25, 0.3) is 22.4 Å². The van der Waals surface area contributed by atoms with E-state index in [2.05, 4.69) is 16.0 Å². The van der Waals surface area contributed by atoms with Gasteiger partial charge in [0.1, 0.15) is 5.56 Å². The number of hydrogen-bond acceptors (Lipinski definition) is 7. The van der Waals surface area contributed by atoms with Crippen LogP contribution in [0.5, 0.6) is 5.88 Å². The van der Waals surface area contributed by atoms with Gasteiger partial charge in [-0.2, -0.15) is 0 Å². The summed E-state index contributed by atoms with van der Waals surface area (Å²) in [6, 6.07) is 15.1. The molecule has 1 aliphatic heterocycles. The van der Waals surface area contributed by atoms with Crippen molar-refractivity contribution in [3.05, 3.63) is 97.3 Å². The minimum Gasteiger partial charge on any atom is -0.478 e. The Hall–Kier alpha value is -4.74. The Morgan fingerprint density at radius 1 is 1.07 bits per heavy atom. The first-order valence-corrected chi connectivity index (χ1v) is 15.1. The zero-order valence-corrected chi connectivity index (χ0v) is 26.3. The molecular formula is C33H35ClN6O5. The Labute approximate surface area is 265 Å². The van der Waals surface area contributed by atoms with E-state index >= 15 is 0 Å². The normalized spacial score (nSPS) is 14.3. The van der Waals surface area contributed by atoms with E-state index in [0.717, 1.165) is 33.2 Å². The second kappa shape index (κ2) is 13.5. The smallest absolute Gasteiger partial charge is 0.330 e. The van der Waals surface area contributed by atoms with Crippen molar-refractivity contribution < 1.29 is 14.3 Å². The number of anilines is 1. The molecule has 12 heteroatoms. The molecule has 234 valence electrons. The van der Waals surface area contributed by atoms with Gasteiger partial charge in [0.15, 0.2) is 0 Å². The van der Waals surface area contributed by atoms with Crippen LogP contribution in [0.15, 0.2) is 64.3 Å². The van der Waals surface area contributed by atoms with Crippen molar-refractivity contribution in [1.29, 1.82) is 0 Å². The molecule has 2 aromatic carbocycles. The third kappa shape index (κ3) is 6.69. The molecule has 0 radical (unpaired) electrons. The lowest BCUT2D eigenvalue weighted by Gasteiger charge is -2.17. The molecule has 3 heterocycles. The molecule has 0 aliphatic carbocycles. The fourth-order valence-electron chi connectivity index (χ4n) is 5.38. The highest BCUT2D eigenvalue weighted by molar-refractivity contribution is 6.36. The van der Waals surface area contributed by atoms with E-state index in [1.807, 2.05) is 50.2 Å². The van der Waals surface area contributed by atoms with Crippen LogP contribution in [-0.4, -0.2) is 45.1 Å². The maximum Gasteiger partial charge on any atom is 0.330 e. The summed E-state index contributed by atoms with van der Waals surface area (Å²) in [5.41, 5.74) is 3.68. The number of carbonyl (C=O) groups is 2. The fourth-order valence-corrected chi connectivity index (χ4v) is 5.71. The molecule has 1 fully saturated rings. The van der Waals surface area contributed by atoms with Gasteiger partial charge in [-0.3, -0.25) is 19.0 Å². The zero-order chi connectivity index (χ0) is 32.2. The van der Waals surface area contributed by atoms with Crippen LogP contribution >= 0.6 is 11.6 Å². The molecule has 0 unspecified atom stereocenters. The van der Waals surface area contributed by atoms with Gasteiger partial charge in [0, 0.05) is 68.2 Å². The molecule has 1 aliphatic rings. The van der Waals surface area contributed by atoms with Crippen LogP contribution in [-0.2, 0) is 25.4 Å². The summed E-state index contributed by atoms with van der Waals surface area (Å²) in [6.45, 7) is 5.40. The molecule has 5 rings (SSSR count). The summed E-state index contributed by atoms with van der Waals surface area (Å²) in [7, 11) is 2.81. The summed E-state index contributed by atoms with van der Waals surface area (Å²) >= 11 is 7.02. The van der Waals surface area contributed by atoms with Crippen molar-refractivity contribution in [3.63, 3.8) is 0 Å². The molecule has 1 atom stereocenters. The standard InChI is InChI=1S/C33H35ClN6O5/c1-5-45-31-20(16-35-17-21-13-15-28(41)36-21)12-14-27(38-31)24-10-6-9-23(29(24)34)22-8-7-11-26(19(22)2)37-30(42)25-18-39(3)33(44)40(4)32(25)43/h6-12,14,18,21,35H,5,13,15-17H2,1-4H3,(H,36,41)(H,37,42)/t21-/m0/s1. The van der Waals surface area contributed by atoms with Gasteiger partial charge in [-0.25, -0.2) is 9.78 Å². The highest BCUT2D eigenvalue weighted by Crippen LogP contribution is 2.39. The number of aryl methyl sites for hydroxylation is 1. The zero-order valence-electron chi connectivity index (χ0n) is 25.6. The molecule has 0 saturated carbocycles. The molecular weight excluding hydrogens is 596 g/mol. The van der Waals surface area contributed by atoms with Gasteiger partial charge >= 0.3 is 5.69 Å². The lowest BCUT2D eigenvalue weighted by atomic mass is 9.96. The van der Waals surface area contributed by atoms with Gasteiger partial charge < -0.3 is 25.3 Å². The predicted octanol–water partition coefficient (Wildman–Crippen LogP) is 3.79. The largest absolute Gasteiger partial charge is 0.478 e. The second-order valence-electron chi connectivity index (χ2n) is 10.9. The first-order chi connectivity index (χ1) is 21.6. The van der Waals surface area contributed by atoms with Gasteiger partial charge in [0.2, 0.25) is 11.8 Å². The highest BCUT2D eigenvalue weighted by atomic mass is 35.5. The number of ether oxygens (including phenoxy) is 1. The number of nitrogens with zero attached hydrogens (tertiary/aromatic N) is 3. The van der Waals surface area contributed by atoms with Gasteiger partial charge in [-0.05, 0) is 43.5 Å². The van der Waals surface area contributed by atoms with E-state index < -0.39 is 17.2 Å². The van der Waals surface area contributed by atoms with Crippen molar-refractivity contribution in [3.8, 4) is 28.3 Å². The molecule has 0 bridgehead atoms. The molecule has 2 aromatic heterocycles. The SMILES string of the molecule is CCOc1nc(-c2cccc(-c3cccc(NC(=O)c4cn(C)c(=O)n(C)c4=O)c3C)c2Cl)ccc1CNC[C@@H]1CCC(=O)N1. The molecule has 3 N–H and O–H groups in total. The number of pyridine rings is 1. The third-order valence-electron chi connectivity index (χ3n) is 7.85. The van der Waals surface area contributed by atoms with E-state index in [0.29, 0.717) is 54.0 Å². The Morgan fingerprint density at radius 3 is 2.53 bits per heavy atom. The lowest BCUT2D eigenvalue weighted by Crippen LogP contribution is -2.40. The summed E-state index contributed by atoms with van der Waals surface area (Å²) in [5, 5.41) is 9.64. The van der Waals surface area contributed by atoms with E-state index in [1.165, 1.54) is 24.9 Å². The number of amides is 2. The second-order valence-corrected chi connectivity index (χ2v) is 11.3. The van der Waals surface area contributed by atoms with Crippen molar-refractivity contribution >= 4 is 29.1 Å². The molecule has 2 amide bonds. The average Bonchev–Trinajstić information content (AvgIpc) is 3.44. The van der Waals surface area contributed by atoms with Gasteiger partial charge in [-0.1, -0.05) is 48.0 Å². The first-order valence-electron chi connectivity index (χ1n) is 14.7. The van der Waals surface area contributed by atoms with Crippen LogP contribution in [0.2, 0.25) is 5.02 Å². The van der Waals surface area contributed by atoms with E-state index in [1.54, 1.807) is 12.1 Å². The minimum absolute atomic E-state index is 0.0852. The number of nitrogens with one attached hydrogen (secondary N) is 3. The Kier molecular flexibility index (Phi) is 9.50. The number of benzene rings is 2. The number of halogens is 1. The summed E-state index contributed by atoms with van der Waals surface area (Å²) < 4.78 is 7.97. The van der Waals surface area contributed by atoms with Crippen molar-refractivity contribution in [1.82, 2.24) is 24.8 Å². The van der Waals surface area contributed by atoms with E-state index in [-0.39, 0.29) is 17.5 Å². The van der Waals surface area contributed by atoms with Gasteiger partial charge in [-0.15, -0.1) is 0 Å². The monoisotopic (exact) mass is 630 g/mol. The quantitative estimate of drug-likeness (QED) is 0.243. The van der Waals surface area contributed by atoms with Crippen LogP contribution in [0.3, 0.4) is 0 Å². The van der Waals surface area contributed by atoms with E-state index in [4.69, 9.17) is 21.3 Å². The molecule has 4 aromatic rings. The Bertz CT molecular complexity index is 1900. The molecule has 0 spiro atoms. The number of carbonyl (C=O) groups excluding carboxylic acids is 2. The molecule has 45 heavy (non-hydrogen) atoms. The maximum absolute atomic E-state index is 13.1. The fraction of sp³-hybridized carbons (Fsp3) is 0.303. The maximum atomic E-state index is 13.1. The van der Waals surface area contributed by atoms with Crippen molar-refractivity contribution in [2.45, 2.75) is 39.3 Å². The number of hydrogen-bond donors (Lipinski definition) is 3. The van der Waals surface area contributed by atoms with Crippen LogP contribution in [0.1, 0.15) is 41.3 Å². The Morgan fingerprint density at radius 2 is 1.80 bits per heavy atom. The Balaban J connectivity index is 1.41. The third-order valence-corrected chi connectivity index (χ3v) is 8.26. The van der Waals surface area contributed by atoms with Crippen molar-refractivity contribution in [2.75, 3.05) is 18.5 Å². The highest BCUT2D eigenvalue weighted by Gasteiger charge is 2.21. The summed E-state index contributed by atoms with van der Waals surface area (Å²) in [4.78, 5) is 54.1. The molecule has 1 saturated heterocycles. The molecule has 11 nitrogen and oxygen atoms in total. The first kappa shape index (κ1) is 31.7. The lowest BCUT2D eigenvalue weighted by molar-refractivity contribution is -0.119. The number of rotatable bonds is 10. The topological polar surface area (TPSA) is 136 Å². The van der Waals surface area contributed by atoms with Gasteiger partial charge in [0.25, 0.3) is 11.5 Å². The van der Waals surface area contributed by atoms with Crippen LogP contribution in [0.4, 0.5) is 5.69 Å².